The van der Waals surface area contributed by atoms with Crippen molar-refractivity contribution in [2.45, 2.75) is 25.6 Å². The molecule has 0 aliphatic heterocycles. The van der Waals surface area contributed by atoms with Crippen molar-refractivity contribution in [1.29, 1.82) is 0 Å². The quantitative estimate of drug-likeness (QED) is 0.767. The molecule has 0 fully saturated rings. The molecule has 0 saturated heterocycles. The second-order valence-corrected chi connectivity index (χ2v) is 7.48. The number of anilines is 1. The van der Waals surface area contributed by atoms with E-state index in [1.165, 1.54) is 11.8 Å². The summed E-state index contributed by atoms with van der Waals surface area (Å²) in [7, 11) is 0. The van der Waals surface area contributed by atoms with Crippen LogP contribution in [0.25, 0.3) is 0 Å². The average Bonchev–Trinajstić information content (AvgIpc) is 2.59. The van der Waals surface area contributed by atoms with E-state index >= 15 is 0 Å². The van der Waals surface area contributed by atoms with Crippen molar-refractivity contribution in [2.24, 2.45) is 0 Å². The highest BCUT2D eigenvalue weighted by atomic mass is 35.5. The Bertz CT molecular complexity index is 734. The zero-order valence-electron chi connectivity index (χ0n) is 14.2. The summed E-state index contributed by atoms with van der Waals surface area (Å²) in [6.07, 6.45) is 0. The van der Waals surface area contributed by atoms with Crippen LogP contribution < -0.4 is 10.6 Å². The Morgan fingerprint density at radius 2 is 1.88 bits per heavy atom. The number of amides is 2. The van der Waals surface area contributed by atoms with Gasteiger partial charge < -0.3 is 10.6 Å². The number of hydrogen-bond acceptors (Lipinski definition) is 3. The smallest absolute Gasteiger partial charge is 0.234 e. The summed E-state index contributed by atoms with van der Waals surface area (Å²) in [5, 5.41) is 6.00. The average molecular weight is 377 g/mol. The molecule has 2 N–H and O–H groups in total. The molecular weight excluding hydrogens is 356 g/mol. The zero-order valence-corrected chi connectivity index (χ0v) is 15.8. The number of hydrogen-bond donors (Lipinski definition) is 2. The lowest BCUT2D eigenvalue weighted by Crippen LogP contribution is -2.31. The standard InChI is InChI=1S/C19H21ClN2O2S/c1-13-6-8-17(9-7-13)22-18(23)12-25-14(2)19(24)21-11-15-4-3-5-16(20)10-15/h3-10,14H,11-12H2,1-2H3,(H,21,24)(H,22,23). The fourth-order valence-electron chi connectivity index (χ4n) is 2.09. The van der Waals surface area contributed by atoms with Gasteiger partial charge in [0.25, 0.3) is 0 Å². The van der Waals surface area contributed by atoms with Crippen LogP contribution in [-0.4, -0.2) is 22.8 Å². The van der Waals surface area contributed by atoms with E-state index in [9.17, 15) is 9.59 Å². The lowest BCUT2D eigenvalue weighted by Gasteiger charge is -2.12. The molecule has 4 nitrogen and oxygen atoms in total. The summed E-state index contributed by atoms with van der Waals surface area (Å²) in [5.74, 6) is -0.00365. The minimum atomic E-state index is -0.317. The summed E-state index contributed by atoms with van der Waals surface area (Å²) < 4.78 is 0. The summed E-state index contributed by atoms with van der Waals surface area (Å²) in [6, 6.07) is 14.9. The summed E-state index contributed by atoms with van der Waals surface area (Å²) >= 11 is 7.22. The molecule has 1 atom stereocenters. The normalized spacial score (nSPS) is 11.6. The molecule has 0 aromatic heterocycles. The van der Waals surface area contributed by atoms with Crippen molar-refractivity contribution in [3.05, 3.63) is 64.7 Å². The van der Waals surface area contributed by atoms with Crippen molar-refractivity contribution in [3.63, 3.8) is 0 Å². The maximum absolute atomic E-state index is 12.1. The zero-order chi connectivity index (χ0) is 18.2. The van der Waals surface area contributed by atoms with Gasteiger partial charge in [0.1, 0.15) is 0 Å². The summed E-state index contributed by atoms with van der Waals surface area (Å²) in [4.78, 5) is 24.1. The van der Waals surface area contributed by atoms with E-state index in [2.05, 4.69) is 10.6 Å². The number of rotatable bonds is 7. The predicted molar refractivity (Wildman–Crippen MR) is 105 cm³/mol. The molecule has 25 heavy (non-hydrogen) atoms. The number of aryl methyl sites for hydroxylation is 1. The molecule has 2 amide bonds. The van der Waals surface area contributed by atoms with E-state index in [1.807, 2.05) is 49.4 Å². The number of carbonyl (C=O) groups is 2. The van der Waals surface area contributed by atoms with E-state index in [4.69, 9.17) is 11.6 Å². The van der Waals surface area contributed by atoms with Gasteiger partial charge in [0, 0.05) is 17.3 Å². The van der Waals surface area contributed by atoms with Crippen LogP contribution in [-0.2, 0) is 16.1 Å². The van der Waals surface area contributed by atoms with Crippen LogP contribution in [0.5, 0.6) is 0 Å². The van der Waals surface area contributed by atoms with Gasteiger partial charge in [-0.2, -0.15) is 0 Å². The number of benzene rings is 2. The van der Waals surface area contributed by atoms with Gasteiger partial charge in [-0.25, -0.2) is 0 Å². The fraction of sp³-hybridized carbons (Fsp3) is 0.263. The SMILES string of the molecule is Cc1ccc(NC(=O)CSC(C)C(=O)NCc2cccc(Cl)c2)cc1. The highest BCUT2D eigenvalue weighted by molar-refractivity contribution is 8.01. The van der Waals surface area contributed by atoms with Crippen LogP contribution in [0.1, 0.15) is 18.1 Å². The molecule has 132 valence electrons. The van der Waals surface area contributed by atoms with E-state index in [0.29, 0.717) is 11.6 Å². The predicted octanol–water partition coefficient (Wildman–Crippen LogP) is 4.03. The third-order valence-electron chi connectivity index (χ3n) is 3.52. The Balaban J connectivity index is 1.73. The molecule has 0 heterocycles. The molecule has 0 saturated carbocycles. The Kier molecular flexibility index (Phi) is 7.34. The Morgan fingerprint density at radius 1 is 1.16 bits per heavy atom. The van der Waals surface area contributed by atoms with Crippen molar-refractivity contribution in [2.75, 3.05) is 11.1 Å². The Labute approximate surface area is 157 Å². The first-order chi connectivity index (χ1) is 11.9. The van der Waals surface area contributed by atoms with E-state index in [1.54, 1.807) is 13.0 Å². The molecular formula is C19H21ClN2O2S. The molecule has 0 radical (unpaired) electrons. The fourth-order valence-corrected chi connectivity index (χ4v) is 3.01. The van der Waals surface area contributed by atoms with Gasteiger partial charge in [0.2, 0.25) is 11.8 Å². The molecule has 0 bridgehead atoms. The Hall–Kier alpha value is -1.98. The molecule has 2 aromatic carbocycles. The minimum Gasteiger partial charge on any atom is -0.351 e. The van der Waals surface area contributed by atoms with Crippen molar-refractivity contribution in [1.82, 2.24) is 5.32 Å². The van der Waals surface area contributed by atoms with Gasteiger partial charge in [0.05, 0.1) is 11.0 Å². The van der Waals surface area contributed by atoms with Gasteiger partial charge in [-0.3, -0.25) is 9.59 Å². The lowest BCUT2D eigenvalue weighted by atomic mass is 10.2. The monoisotopic (exact) mass is 376 g/mol. The number of nitrogens with one attached hydrogen (secondary N) is 2. The van der Waals surface area contributed by atoms with Gasteiger partial charge >= 0.3 is 0 Å². The van der Waals surface area contributed by atoms with E-state index in [0.717, 1.165) is 16.8 Å². The van der Waals surface area contributed by atoms with Crippen LogP contribution in [0.3, 0.4) is 0 Å². The second-order valence-electron chi connectivity index (χ2n) is 5.72. The molecule has 1 unspecified atom stereocenters. The summed E-state index contributed by atoms with van der Waals surface area (Å²) in [6.45, 7) is 4.20. The second kappa shape index (κ2) is 9.49. The van der Waals surface area contributed by atoms with Gasteiger partial charge in [-0.05, 0) is 43.7 Å². The minimum absolute atomic E-state index is 0.104. The molecule has 2 rings (SSSR count). The van der Waals surface area contributed by atoms with Crippen LogP contribution in [0.15, 0.2) is 48.5 Å². The first-order valence-electron chi connectivity index (χ1n) is 7.94. The lowest BCUT2D eigenvalue weighted by molar-refractivity contribution is -0.120. The number of halogens is 1. The van der Waals surface area contributed by atoms with Gasteiger partial charge in [-0.15, -0.1) is 11.8 Å². The van der Waals surface area contributed by atoms with E-state index in [-0.39, 0.29) is 22.8 Å². The first kappa shape index (κ1) is 19.3. The third-order valence-corrected chi connectivity index (χ3v) is 4.90. The largest absolute Gasteiger partial charge is 0.351 e. The summed E-state index contributed by atoms with van der Waals surface area (Å²) in [5.41, 5.74) is 2.83. The maximum atomic E-state index is 12.1. The molecule has 0 spiro atoms. The molecule has 0 aliphatic carbocycles. The Morgan fingerprint density at radius 3 is 2.56 bits per heavy atom. The van der Waals surface area contributed by atoms with Crippen molar-refractivity contribution in [3.8, 4) is 0 Å². The van der Waals surface area contributed by atoms with Crippen LogP contribution in [0.2, 0.25) is 5.02 Å². The van der Waals surface area contributed by atoms with Crippen LogP contribution in [0.4, 0.5) is 5.69 Å². The highest BCUT2D eigenvalue weighted by Gasteiger charge is 2.15. The first-order valence-corrected chi connectivity index (χ1v) is 9.37. The highest BCUT2D eigenvalue weighted by Crippen LogP contribution is 2.14. The van der Waals surface area contributed by atoms with Crippen LogP contribution in [0, 0.1) is 6.92 Å². The third kappa shape index (κ3) is 6.80. The number of thioether (sulfide) groups is 1. The van der Waals surface area contributed by atoms with Crippen LogP contribution >= 0.6 is 23.4 Å². The molecule has 0 aliphatic rings. The molecule has 2 aromatic rings. The van der Waals surface area contributed by atoms with Crippen molar-refractivity contribution < 1.29 is 9.59 Å². The van der Waals surface area contributed by atoms with Gasteiger partial charge in [-0.1, -0.05) is 41.4 Å². The maximum Gasteiger partial charge on any atom is 0.234 e. The number of carbonyl (C=O) groups excluding carboxylic acids is 2. The van der Waals surface area contributed by atoms with E-state index < -0.39 is 0 Å². The molecule has 6 heteroatoms. The van der Waals surface area contributed by atoms with Gasteiger partial charge in [0.15, 0.2) is 0 Å². The topological polar surface area (TPSA) is 58.2 Å². The van der Waals surface area contributed by atoms with Crippen molar-refractivity contribution >= 4 is 40.9 Å².